The molecule has 0 saturated carbocycles. The summed E-state index contributed by atoms with van der Waals surface area (Å²) in [4.78, 5) is 8.77. The molecule has 4 aromatic heterocycles. The minimum absolute atomic E-state index is 0.480. The molecule has 0 radical (unpaired) electrons. The minimum atomic E-state index is 0.480. The molecule has 25 heavy (non-hydrogen) atoms. The number of ether oxygens (including phenoxy) is 1. The first-order chi connectivity index (χ1) is 12.3. The van der Waals surface area contributed by atoms with E-state index in [-0.39, 0.29) is 0 Å². The molecule has 0 aromatic carbocycles. The van der Waals surface area contributed by atoms with Crippen molar-refractivity contribution in [2.75, 3.05) is 12.4 Å². The molecule has 0 atom stereocenters. The third kappa shape index (κ3) is 2.82. The van der Waals surface area contributed by atoms with Gasteiger partial charge >= 0.3 is 0 Å². The van der Waals surface area contributed by atoms with Crippen LogP contribution in [0.4, 0.5) is 5.69 Å². The molecule has 0 amide bonds. The van der Waals surface area contributed by atoms with Crippen molar-refractivity contribution in [3.8, 4) is 5.75 Å². The first-order valence-corrected chi connectivity index (χ1v) is 8.01. The number of aryl methyl sites for hydroxylation is 1. The van der Waals surface area contributed by atoms with Gasteiger partial charge in [-0.05, 0) is 24.6 Å². The summed E-state index contributed by atoms with van der Waals surface area (Å²) in [5, 5.41) is 16.3. The Labute approximate surface area is 143 Å². The molecule has 0 unspecified atom stereocenters. The van der Waals surface area contributed by atoms with Crippen LogP contribution in [0.25, 0.3) is 16.7 Å². The zero-order valence-corrected chi connectivity index (χ0v) is 14.0. The number of hydrogen-bond donors (Lipinski definition) is 1. The second-order valence-corrected chi connectivity index (χ2v) is 5.52. The standard InChI is InChI=1S/C17H17N7O/c1-3-11-4-5-15-21-22-16(24(15)23-11)10-19-13-6-7-18-14-8-12(25-2)9-20-17(13)14/h4-9H,3,10H2,1-2H3,(H,18,19). The zero-order chi connectivity index (χ0) is 17.2. The van der Waals surface area contributed by atoms with Crippen LogP contribution in [0.15, 0.2) is 36.7 Å². The van der Waals surface area contributed by atoms with Gasteiger partial charge in [0.05, 0.1) is 36.7 Å². The Balaban J connectivity index is 1.64. The molecule has 0 aliphatic rings. The number of methoxy groups -OCH3 is 1. The van der Waals surface area contributed by atoms with E-state index in [2.05, 4.69) is 37.5 Å². The van der Waals surface area contributed by atoms with Gasteiger partial charge in [-0.15, -0.1) is 10.2 Å². The van der Waals surface area contributed by atoms with E-state index in [1.54, 1.807) is 24.0 Å². The molecule has 0 fully saturated rings. The van der Waals surface area contributed by atoms with Crippen LogP contribution in [-0.4, -0.2) is 36.9 Å². The van der Waals surface area contributed by atoms with Gasteiger partial charge in [-0.2, -0.15) is 9.61 Å². The molecule has 126 valence electrons. The molecular formula is C17H17N7O. The molecule has 0 bridgehead atoms. The second-order valence-electron chi connectivity index (χ2n) is 5.52. The van der Waals surface area contributed by atoms with Crippen molar-refractivity contribution >= 4 is 22.4 Å². The fourth-order valence-electron chi connectivity index (χ4n) is 2.61. The van der Waals surface area contributed by atoms with Crippen LogP contribution in [0, 0.1) is 0 Å². The number of nitrogens with zero attached hydrogens (tertiary/aromatic N) is 6. The summed E-state index contributed by atoms with van der Waals surface area (Å²) < 4.78 is 6.97. The lowest BCUT2D eigenvalue weighted by Crippen LogP contribution is -2.08. The maximum atomic E-state index is 5.20. The van der Waals surface area contributed by atoms with Gasteiger partial charge in [-0.3, -0.25) is 4.98 Å². The Bertz CT molecular complexity index is 1040. The molecule has 4 rings (SSSR count). The predicted octanol–water partition coefficient (Wildman–Crippen LogP) is 2.25. The van der Waals surface area contributed by atoms with Crippen LogP contribution in [0.1, 0.15) is 18.4 Å². The maximum Gasteiger partial charge on any atom is 0.177 e. The lowest BCUT2D eigenvalue weighted by Gasteiger charge is -2.08. The summed E-state index contributed by atoms with van der Waals surface area (Å²) in [6, 6.07) is 7.64. The van der Waals surface area contributed by atoms with E-state index in [0.29, 0.717) is 12.3 Å². The van der Waals surface area contributed by atoms with E-state index in [1.807, 2.05) is 24.3 Å². The lowest BCUT2D eigenvalue weighted by atomic mass is 10.2. The Morgan fingerprint density at radius 3 is 2.92 bits per heavy atom. The van der Waals surface area contributed by atoms with Gasteiger partial charge in [0.25, 0.3) is 0 Å². The fourth-order valence-corrected chi connectivity index (χ4v) is 2.61. The van der Waals surface area contributed by atoms with Crippen molar-refractivity contribution in [1.82, 2.24) is 29.8 Å². The number of hydrogen-bond acceptors (Lipinski definition) is 7. The summed E-state index contributed by atoms with van der Waals surface area (Å²) in [7, 11) is 1.61. The van der Waals surface area contributed by atoms with Crippen LogP contribution < -0.4 is 10.1 Å². The second kappa shape index (κ2) is 6.31. The Hall–Kier alpha value is -3.29. The lowest BCUT2D eigenvalue weighted by molar-refractivity contribution is 0.413. The third-order valence-electron chi connectivity index (χ3n) is 3.97. The average molecular weight is 335 g/mol. The monoisotopic (exact) mass is 335 g/mol. The van der Waals surface area contributed by atoms with E-state index >= 15 is 0 Å². The molecule has 0 aliphatic heterocycles. The largest absolute Gasteiger partial charge is 0.495 e. The Morgan fingerprint density at radius 1 is 1.16 bits per heavy atom. The number of pyridine rings is 2. The quantitative estimate of drug-likeness (QED) is 0.598. The molecule has 1 N–H and O–H groups in total. The van der Waals surface area contributed by atoms with Crippen molar-refractivity contribution in [3.05, 3.63) is 48.2 Å². The predicted molar refractivity (Wildman–Crippen MR) is 93.6 cm³/mol. The number of fused-ring (bicyclic) bond motifs is 2. The minimum Gasteiger partial charge on any atom is -0.495 e. The van der Waals surface area contributed by atoms with Crippen molar-refractivity contribution < 1.29 is 4.74 Å². The number of aromatic nitrogens is 6. The van der Waals surface area contributed by atoms with Gasteiger partial charge in [0.2, 0.25) is 0 Å². The highest BCUT2D eigenvalue weighted by atomic mass is 16.5. The molecule has 8 heteroatoms. The van der Waals surface area contributed by atoms with Crippen LogP contribution in [0.5, 0.6) is 5.75 Å². The fraction of sp³-hybridized carbons (Fsp3) is 0.235. The molecular weight excluding hydrogens is 318 g/mol. The van der Waals surface area contributed by atoms with Gasteiger partial charge in [-0.1, -0.05) is 6.92 Å². The van der Waals surface area contributed by atoms with Gasteiger partial charge < -0.3 is 10.1 Å². The van der Waals surface area contributed by atoms with Crippen LogP contribution in [0.2, 0.25) is 0 Å². The SMILES string of the molecule is CCc1ccc2nnc(CNc3ccnc4cc(OC)cnc34)n2n1. The zero-order valence-electron chi connectivity index (χ0n) is 14.0. The van der Waals surface area contributed by atoms with E-state index < -0.39 is 0 Å². The summed E-state index contributed by atoms with van der Waals surface area (Å²) in [5.74, 6) is 1.42. The van der Waals surface area contributed by atoms with Gasteiger partial charge in [-0.25, -0.2) is 4.98 Å². The molecule has 4 aromatic rings. The van der Waals surface area contributed by atoms with Crippen LogP contribution in [0.3, 0.4) is 0 Å². The highest BCUT2D eigenvalue weighted by molar-refractivity contribution is 5.87. The van der Waals surface area contributed by atoms with Gasteiger partial charge in [0.15, 0.2) is 11.5 Å². The van der Waals surface area contributed by atoms with Crippen molar-refractivity contribution in [1.29, 1.82) is 0 Å². The Morgan fingerprint density at radius 2 is 2.08 bits per heavy atom. The highest BCUT2D eigenvalue weighted by Gasteiger charge is 2.09. The molecule has 8 nitrogen and oxygen atoms in total. The van der Waals surface area contributed by atoms with Crippen molar-refractivity contribution in [3.63, 3.8) is 0 Å². The van der Waals surface area contributed by atoms with Gasteiger partial charge in [0.1, 0.15) is 11.3 Å². The maximum absolute atomic E-state index is 5.20. The third-order valence-corrected chi connectivity index (χ3v) is 3.97. The summed E-state index contributed by atoms with van der Waals surface area (Å²) in [5.41, 5.74) is 4.14. The normalized spacial score (nSPS) is 11.1. The molecule has 0 spiro atoms. The first-order valence-electron chi connectivity index (χ1n) is 8.01. The first kappa shape index (κ1) is 15.3. The van der Waals surface area contributed by atoms with E-state index in [0.717, 1.165) is 40.3 Å². The van der Waals surface area contributed by atoms with Crippen molar-refractivity contribution in [2.45, 2.75) is 19.9 Å². The molecule has 0 aliphatic carbocycles. The Kier molecular flexibility index (Phi) is 3.85. The van der Waals surface area contributed by atoms with Crippen molar-refractivity contribution in [2.24, 2.45) is 0 Å². The molecule has 0 saturated heterocycles. The number of nitrogens with one attached hydrogen (secondary N) is 1. The number of anilines is 1. The molecule has 4 heterocycles. The summed E-state index contributed by atoms with van der Waals surface area (Å²) >= 11 is 0. The summed E-state index contributed by atoms with van der Waals surface area (Å²) in [6.07, 6.45) is 4.28. The topological polar surface area (TPSA) is 90.1 Å². The average Bonchev–Trinajstić information content (AvgIpc) is 3.07. The highest BCUT2D eigenvalue weighted by Crippen LogP contribution is 2.23. The van der Waals surface area contributed by atoms with Crippen LogP contribution in [-0.2, 0) is 13.0 Å². The number of rotatable bonds is 5. The van der Waals surface area contributed by atoms with E-state index in [1.165, 1.54) is 0 Å². The van der Waals surface area contributed by atoms with E-state index in [9.17, 15) is 0 Å². The van der Waals surface area contributed by atoms with E-state index in [4.69, 9.17) is 4.74 Å². The van der Waals surface area contributed by atoms with Crippen LogP contribution >= 0.6 is 0 Å². The smallest absolute Gasteiger partial charge is 0.177 e. The summed E-state index contributed by atoms with van der Waals surface area (Å²) in [6.45, 7) is 2.55. The van der Waals surface area contributed by atoms with Gasteiger partial charge in [0, 0.05) is 12.3 Å².